The van der Waals surface area contributed by atoms with Gasteiger partial charge in [0.25, 0.3) is 11.8 Å². The number of rotatable bonds is 3. The summed E-state index contributed by atoms with van der Waals surface area (Å²) in [6.07, 6.45) is -4.65. The van der Waals surface area contributed by atoms with E-state index in [1.54, 1.807) is 66.7 Å². The van der Waals surface area contributed by atoms with Crippen molar-refractivity contribution in [2.75, 3.05) is 15.1 Å². The second-order valence-electron chi connectivity index (χ2n) is 9.18. The van der Waals surface area contributed by atoms with E-state index in [0.717, 1.165) is 17.0 Å². The highest BCUT2D eigenvalue weighted by Crippen LogP contribution is 2.50. The second-order valence-corrected chi connectivity index (χ2v) is 9.99. The van der Waals surface area contributed by atoms with Crippen molar-refractivity contribution in [2.24, 2.45) is 0 Å². The zero-order valence-electron chi connectivity index (χ0n) is 20.0. The molecule has 1 N–H and O–H groups in total. The predicted molar refractivity (Wildman–Crippen MR) is 144 cm³/mol. The lowest BCUT2D eigenvalue weighted by atomic mass is 9.92. The van der Waals surface area contributed by atoms with Gasteiger partial charge in [-0.1, -0.05) is 65.7 Å². The number of carbonyl (C=O) groups excluding carboxylic acids is 2. The summed E-state index contributed by atoms with van der Waals surface area (Å²) >= 11 is 12.9. The van der Waals surface area contributed by atoms with Crippen LogP contribution in [0, 0.1) is 0 Å². The Morgan fingerprint density at radius 3 is 2.23 bits per heavy atom. The molecule has 2 aliphatic rings. The van der Waals surface area contributed by atoms with Gasteiger partial charge >= 0.3 is 6.18 Å². The number of benzene rings is 4. The molecule has 0 aliphatic carbocycles. The van der Waals surface area contributed by atoms with Crippen LogP contribution >= 0.6 is 23.2 Å². The second kappa shape index (κ2) is 9.03. The van der Waals surface area contributed by atoms with Gasteiger partial charge in [-0.15, -0.1) is 0 Å². The number of nitrogens with one attached hydrogen (secondary N) is 1. The van der Waals surface area contributed by atoms with E-state index in [4.69, 9.17) is 23.2 Å². The van der Waals surface area contributed by atoms with Crippen molar-refractivity contribution in [2.45, 2.75) is 18.4 Å². The molecule has 1 unspecified atom stereocenters. The number of fused-ring (bicyclic) bond motifs is 3. The van der Waals surface area contributed by atoms with E-state index in [-0.39, 0.29) is 17.8 Å². The lowest BCUT2D eigenvalue weighted by Gasteiger charge is -2.45. The van der Waals surface area contributed by atoms with Crippen molar-refractivity contribution < 1.29 is 22.8 Å². The highest BCUT2D eigenvalue weighted by Gasteiger charge is 2.60. The number of hydrogen-bond acceptors (Lipinski definition) is 3. The minimum absolute atomic E-state index is 0.0238. The monoisotopic (exact) mass is 567 g/mol. The highest BCUT2D eigenvalue weighted by atomic mass is 35.5. The number of para-hydroxylation sites is 2. The molecule has 2 amide bonds. The van der Waals surface area contributed by atoms with E-state index in [1.807, 2.05) is 0 Å². The van der Waals surface area contributed by atoms with Gasteiger partial charge < -0.3 is 10.2 Å². The summed E-state index contributed by atoms with van der Waals surface area (Å²) in [5, 5.41) is 3.92. The van der Waals surface area contributed by atoms with Gasteiger partial charge in [-0.05, 0) is 48.5 Å². The molecule has 6 rings (SSSR count). The van der Waals surface area contributed by atoms with Crippen LogP contribution in [0.1, 0.15) is 27.0 Å². The van der Waals surface area contributed by atoms with E-state index in [2.05, 4.69) is 5.32 Å². The molecule has 0 bridgehead atoms. The Morgan fingerprint density at radius 1 is 0.821 bits per heavy atom. The third-order valence-corrected chi connectivity index (χ3v) is 7.67. The molecule has 196 valence electrons. The van der Waals surface area contributed by atoms with Gasteiger partial charge in [-0.3, -0.25) is 14.5 Å². The number of halogens is 5. The summed E-state index contributed by atoms with van der Waals surface area (Å²) in [7, 11) is 0. The SMILES string of the molecule is O=C1c2ccccc2NC2(C(=O)N(Cc3c(Cl)cccc3Cl)c3ccccc32)N1c1cccc(C(F)(F)F)c1. The van der Waals surface area contributed by atoms with Gasteiger partial charge in [0, 0.05) is 32.5 Å². The maximum absolute atomic E-state index is 14.5. The van der Waals surface area contributed by atoms with Gasteiger partial charge in [-0.25, -0.2) is 0 Å². The van der Waals surface area contributed by atoms with Crippen molar-refractivity contribution in [1.29, 1.82) is 0 Å². The quantitative estimate of drug-likeness (QED) is 0.279. The summed E-state index contributed by atoms with van der Waals surface area (Å²) in [4.78, 5) is 31.2. The molecular weight excluding hydrogens is 550 g/mol. The first kappa shape index (κ1) is 25.3. The average Bonchev–Trinajstić information content (AvgIpc) is 3.13. The molecule has 39 heavy (non-hydrogen) atoms. The van der Waals surface area contributed by atoms with Crippen LogP contribution in [-0.4, -0.2) is 11.8 Å². The topological polar surface area (TPSA) is 52.7 Å². The van der Waals surface area contributed by atoms with Gasteiger partial charge in [-0.2, -0.15) is 13.2 Å². The van der Waals surface area contributed by atoms with Crippen LogP contribution in [0.4, 0.5) is 30.2 Å². The van der Waals surface area contributed by atoms with E-state index in [1.165, 1.54) is 17.0 Å². The molecule has 4 aromatic rings. The van der Waals surface area contributed by atoms with Crippen LogP contribution in [0.2, 0.25) is 10.0 Å². The minimum Gasteiger partial charge on any atom is -0.350 e. The van der Waals surface area contributed by atoms with Crippen molar-refractivity contribution >= 4 is 52.1 Å². The first-order chi connectivity index (χ1) is 18.6. The Bertz CT molecular complexity index is 1640. The van der Waals surface area contributed by atoms with Gasteiger partial charge in [0.05, 0.1) is 23.4 Å². The Labute approximate surface area is 231 Å². The number of amides is 2. The number of hydrogen-bond donors (Lipinski definition) is 1. The Morgan fingerprint density at radius 2 is 1.49 bits per heavy atom. The molecule has 0 aromatic heterocycles. The Hall–Kier alpha value is -4.01. The van der Waals surface area contributed by atoms with Crippen LogP contribution < -0.4 is 15.1 Å². The zero-order chi connectivity index (χ0) is 27.5. The lowest BCUT2D eigenvalue weighted by Crippen LogP contribution is -2.63. The van der Waals surface area contributed by atoms with Crippen molar-refractivity contribution in [3.8, 4) is 0 Å². The van der Waals surface area contributed by atoms with Crippen LogP contribution in [0.15, 0.2) is 91.0 Å². The molecule has 0 fully saturated rings. The summed E-state index contributed by atoms with van der Waals surface area (Å²) in [5.41, 5.74) is -0.939. The van der Waals surface area contributed by atoms with E-state index in [0.29, 0.717) is 32.5 Å². The first-order valence-electron chi connectivity index (χ1n) is 11.9. The first-order valence-corrected chi connectivity index (χ1v) is 12.6. The van der Waals surface area contributed by atoms with Crippen LogP contribution in [0.5, 0.6) is 0 Å². The van der Waals surface area contributed by atoms with Crippen molar-refractivity contribution in [3.05, 3.63) is 123 Å². The Balaban J connectivity index is 1.59. The molecule has 4 aromatic carbocycles. The molecule has 0 saturated carbocycles. The smallest absolute Gasteiger partial charge is 0.350 e. The van der Waals surface area contributed by atoms with E-state index >= 15 is 0 Å². The average molecular weight is 568 g/mol. The maximum atomic E-state index is 14.5. The summed E-state index contributed by atoms with van der Waals surface area (Å²) in [6.45, 7) is -0.0238. The third-order valence-electron chi connectivity index (χ3n) is 6.96. The zero-order valence-corrected chi connectivity index (χ0v) is 21.5. The summed E-state index contributed by atoms with van der Waals surface area (Å²) < 4.78 is 41.1. The van der Waals surface area contributed by atoms with E-state index < -0.39 is 29.2 Å². The van der Waals surface area contributed by atoms with Crippen LogP contribution in [0.25, 0.3) is 0 Å². The molecule has 5 nitrogen and oxygen atoms in total. The van der Waals surface area contributed by atoms with Crippen molar-refractivity contribution in [1.82, 2.24) is 0 Å². The standard InChI is InChI=1S/C29H18Cl2F3N3O2/c30-22-11-6-12-23(31)20(22)16-36-25-14-4-2-10-21(25)28(27(36)39)35-24-13-3-1-9-19(24)26(38)37(28)18-8-5-7-17(15-18)29(32,33)34/h1-15,35H,16H2. The number of nitrogens with zero attached hydrogens (tertiary/aromatic N) is 2. The largest absolute Gasteiger partial charge is 0.416 e. The predicted octanol–water partition coefficient (Wildman–Crippen LogP) is 7.48. The van der Waals surface area contributed by atoms with Gasteiger partial charge in [0.15, 0.2) is 0 Å². The normalized spacial score (nSPS) is 18.3. The fraction of sp³-hybridized carbons (Fsp3) is 0.103. The molecule has 10 heteroatoms. The van der Waals surface area contributed by atoms with Gasteiger partial charge in [0.1, 0.15) is 0 Å². The molecule has 1 spiro atoms. The Kier molecular flexibility index (Phi) is 5.86. The fourth-order valence-corrected chi connectivity index (χ4v) is 5.72. The lowest BCUT2D eigenvalue weighted by molar-refractivity contribution is -0.137. The number of alkyl halides is 3. The maximum Gasteiger partial charge on any atom is 0.416 e. The minimum atomic E-state index is -4.65. The number of anilines is 3. The summed E-state index contributed by atoms with van der Waals surface area (Å²) in [6, 6.07) is 22.8. The van der Waals surface area contributed by atoms with Crippen molar-refractivity contribution in [3.63, 3.8) is 0 Å². The molecule has 2 heterocycles. The third kappa shape index (κ3) is 3.85. The van der Waals surface area contributed by atoms with Crippen LogP contribution in [0.3, 0.4) is 0 Å². The summed E-state index contributed by atoms with van der Waals surface area (Å²) in [5.74, 6) is -1.19. The number of carbonyl (C=O) groups is 2. The molecule has 0 radical (unpaired) electrons. The van der Waals surface area contributed by atoms with Gasteiger partial charge in [0.2, 0.25) is 5.66 Å². The molecule has 1 atom stereocenters. The fourth-order valence-electron chi connectivity index (χ4n) is 5.20. The van der Waals surface area contributed by atoms with E-state index in [9.17, 15) is 22.8 Å². The van der Waals surface area contributed by atoms with Crippen LogP contribution in [-0.2, 0) is 23.2 Å². The molecule has 2 aliphatic heterocycles. The molecular formula is C29H18Cl2F3N3O2. The molecule has 0 saturated heterocycles. The highest BCUT2D eigenvalue weighted by molar-refractivity contribution is 6.36.